The normalized spacial score (nSPS) is 11.8. The van der Waals surface area contributed by atoms with E-state index >= 15 is 0 Å². The summed E-state index contributed by atoms with van der Waals surface area (Å²) in [5.74, 6) is -1.41. The first-order chi connectivity index (χ1) is 11.1. The third-order valence-electron chi connectivity index (χ3n) is 3.13. The Bertz CT molecular complexity index is 641. The topological polar surface area (TPSA) is 65.5 Å². The lowest BCUT2D eigenvalue weighted by Gasteiger charge is -2.18. The molecule has 120 valence electrons. The molecule has 5 nitrogen and oxygen atoms in total. The molecule has 1 aromatic heterocycles. The van der Waals surface area contributed by atoms with E-state index in [-0.39, 0.29) is 12.5 Å². The molecule has 1 aromatic carbocycles. The first-order valence-electron chi connectivity index (χ1n) is 7.39. The van der Waals surface area contributed by atoms with E-state index in [0.29, 0.717) is 5.56 Å². The van der Waals surface area contributed by atoms with Crippen molar-refractivity contribution in [1.29, 1.82) is 0 Å². The summed E-state index contributed by atoms with van der Waals surface area (Å²) < 4.78 is 10.6. The maximum absolute atomic E-state index is 12.3. The zero-order valence-electron chi connectivity index (χ0n) is 13.1. The van der Waals surface area contributed by atoms with Gasteiger partial charge in [0.2, 0.25) is 6.10 Å². The summed E-state index contributed by atoms with van der Waals surface area (Å²) in [6.07, 6.45) is 1.96. The average molecular weight is 313 g/mol. The number of ether oxygens (including phenoxy) is 2. The van der Waals surface area contributed by atoms with Gasteiger partial charge in [0.05, 0.1) is 5.92 Å². The molecular weight excluding hydrogens is 294 g/mol. The quantitative estimate of drug-likeness (QED) is 0.767. The van der Waals surface area contributed by atoms with Gasteiger partial charge < -0.3 is 9.47 Å². The summed E-state index contributed by atoms with van der Waals surface area (Å²) in [7, 11) is 0. The third kappa shape index (κ3) is 4.92. The largest absolute Gasteiger partial charge is 0.458 e. The molecule has 0 aliphatic heterocycles. The van der Waals surface area contributed by atoms with Crippen molar-refractivity contribution in [3.05, 3.63) is 66.0 Å². The van der Waals surface area contributed by atoms with Crippen molar-refractivity contribution < 1.29 is 19.1 Å². The molecule has 2 rings (SSSR count). The summed E-state index contributed by atoms with van der Waals surface area (Å²) in [5, 5.41) is 0. The fourth-order valence-corrected chi connectivity index (χ4v) is 1.84. The zero-order valence-corrected chi connectivity index (χ0v) is 13.1. The number of esters is 2. The Morgan fingerprint density at radius 1 is 1.04 bits per heavy atom. The molecule has 0 fully saturated rings. The van der Waals surface area contributed by atoms with Gasteiger partial charge in [0.25, 0.3) is 0 Å². The third-order valence-corrected chi connectivity index (χ3v) is 3.13. The van der Waals surface area contributed by atoms with Gasteiger partial charge in [0, 0.05) is 18.0 Å². The van der Waals surface area contributed by atoms with E-state index in [2.05, 4.69) is 4.98 Å². The number of rotatable bonds is 6. The van der Waals surface area contributed by atoms with Crippen LogP contribution in [0.15, 0.2) is 54.9 Å². The second-order valence-electron chi connectivity index (χ2n) is 5.35. The molecule has 0 amide bonds. The molecule has 23 heavy (non-hydrogen) atoms. The van der Waals surface area contributed by atoms with Gasteiger partial charge in [-0.3, -0.25) is 9.78 Å². The maximum atomic E-state index is 12.3. The van der Waals surface area contributed by atoms with Crippen molar-refractivity contribution in [2.24, 2.45) is 5.92 Å². The van der Waals surface area contributed by atoms with Crippen LogP contribution in [0.25, 0.3) is 0 Å². The smallest absolute Gasteiger partial charge is 0.352 e. The Balaban J connectivity index is 2.09. The van der Waals surface area contributed by atoms with Crippen molar-refractivity contribution in [2.75, 3.05) is 0 Å². The zero-order chi connectivity index (χ0) is 16.7. The van der Waals surface area contributed by atoms with Gasteiger partial charge in [0.15, 0.2) is 0 Å². The molecule has 0 spiro atoms. The van der Waals surface area contributed by atoms with Crippen LogP contribution in [0.5, 0.6) is 0 Å². The van der Waals surface area contributed by atoms with Gasteiger partial charge in [-0.05, 0) is 11.6 Å². The number of pyridine rings is 1. The average Bonchev–Trinajstić information content (AvgIpc) is 2.59. The summed E-state index contributed by atoms with van der Waals surface area (Å²) in [6.45, 7) is 3.53. The first-order valence-corrected chi connectivity index (χ1v) is 7.39. The monoisotopic (exact) mass is 313 g/mol. The van der Waals surface area contributed by atoms with Gasteiger partial charge in [-0.1, -0.05) is 50.2 Å². The fourth-order valence-electron chi connectivity index (χ4n) is 1.84. The highest BCUT2D eigenvalue weighted by Gasteiger charge is 2.27. The number of carbonyl (C=O) groups excluding carboxylic acids is 2. The highest BCUT2D eigenvalue weighted by molar-refractivity contribution is 5.81. The minimum Gasteiger partial charge on any atom is -0.458 e. The lowest BCUT2D eigenvalue weighted by atomic mass is 10.1. The number of nitrogens with zero attached hydrogens (tertiary/aromatic N) is 1. The van der Waals surface area contributed by atoms with Gasteiger partial charge in [0.1, 0.15) is 6.61 Å². The molecule has 1 heterocycles. The Morgan fingerprint density at radius 2 is 1.78 bits per heavy atom. The Morgan fingerprint density at radius 3 is 2.39 bits per heavy atom. The lowest BCUT2D eigenvalue weighted by molar-refractivity contribution is -0.171. The standard InChI is InChI=1S/C18H19NO4/c1-13(2)17(20)23-16(15-9-6-10-19-11-15)18(21)22-12-14-7-4-3-5-8-14/h3-11,13,16H,12H2,1-2H3. The van der Waals surface area contributed by atoms with Crippen molar-refractivity contribution in [3.63, 3.8) is 0 Å². The van der Waals surface area contributed by atoms with Crippen LogP contribution in [0.4, 0.5) is 0 Å². The van der Waals surface area contributed by atoms with E-state index in [1.807, 2.05) is 30.3 Å². The van der Waals surface area contributed by atoms with Crippen molar-refractivity contribution >= 4 is 11.9 Å². The molecule has 0 N–H and O–H groups in total. The summed E-state index contributed by atoms with van der Waals surface area (Å²) in [4.78, 5) is 28.2. The molecule has 1 unspecified atom stereocenters. The predicted octanol–water partition coefficient (Wildman–Crippen LogP) is 3.07. The van der Waals surface area contributed by atoms with Gasteiger partial charge in [-0.2, -0.15) is 0 Å². The number of hydrogen-bond acceptors (Lipinski definition) is 5. The number of hydrogen-bond donors (Lipinski definition) is 0. The van der Waals surface area contributed by atoms with Crippen LogP contribution in [-0.2, 0) is 25.7 Å². The Labute approximate surface area is 135 Å². The van der Waals surface area contributed by atoms with Crippen LogP contribution >= 0.6 is 0 Å². The van der Waals surface area contributed by atoms with Crippen LogP contribution in [0.1, 0.15) is 31.1 Å². The molecular formula is C18H19NO4. The molecule has 0 saturated heterocycles. The van der Waals surface area contributed by atoms with E-state index < -0.39 is 18.0 Å². The van der Waals surface area contributed by atoms with Gasteiger partial charge in [-0.25, -0.2) is 4.79 Å². The second-order valence-corrected chi connectivity index (χ2v) is 5.35. The predicted molar refractivity (Wildman–Crippen MR) is 84.1 cm³/mol. The van der Waals surface area contributed by atoms with Crippen molar-refractivity contribution in [1.82, 2.24) is 4.98 Å². The Kier molecular flexibility index (Phi) is 5.86. The van der Waals surface area contributed by atoms with Gasteiger partial charge >= 0.3 is 11.9 Å². The van der Waals surface area contributed by atoms with Crippen molar-refractivity contribution in [3.8, 4) is 0 Å². The molecule has 0 aliphatic carbocycles. The molecule has 0 radical (unpaired) electrons. The second kappa shape index (κ2) is 8.08. The molecule has 5 heteroatoms. The van der Waals surface area contributed by atoms with Crippen LogP contribution in [0.3, 0.4) is 0 Å². The lowest BCUT2D eigenvalue weighted by Crippen LogP contribution is -2.24. The first kappa shape index (κ1) is 16.7. The fraction of sp³-hybridized carbons (Fsp3) is 0.278. The summed E-state index contributed by atoms with van der Waals surface area (Å²) >= 11 is 0. The van der Waals surface area contributed by atoms with E-state index in [1.54, 1.807) is 32.2 Å². The minimum absolute atomic E-state index is 0.121. The molecule has 1 atom stereocenters. The molecule has 0 aliphatic rings. The van der Waals surface area contributed by atoms with Gasteiger partial charge in [-0.15, -0.1) is 0 Å². The van der Waals surface area contributed by atoms with E-state index in [0.717, 1.165) is 5.56 Å². The SMILES string of the molecule is CC(C)C(=O)OC(C(=O)OCc1ccccc1)c1cccnc1. The van der Waals surface area contributed by atoms with E-state index in [9.17, 15) is 9.59 Å². The molecule has 0 saturated carbocycles. The number of carbonyl (C=O) groups is 2. The van der Waals surface area contributed by atoms with Crippen molar-refractivity contribution in [2.45, 2.75) is 26.6 Å². The van der Waals surface area contributed by atoms with Crippen LogP contribution < -0.4 is 0 Å². The minimum atomic E-state index is -1.11. The van der Waals surface area contributed by atoms with Crippen LogP contribution in [0, 0.1) is 5.92 Å². The Hall–Kier alpha value is -2.69. The highest BCUT2D eigenvalue weighted by atomic mass is 16.6. The molecule has 2 aromatic rings. The summed E-state index contributed by atoms with van der Waals surface area (Å²) in [6, 6.07) is 12.7. The number of aromatic nitrogens is 1. The maximum Gasteiger partial charge on any atom is 0.352 e. The van der Waals surface area contributed by atoms with E-state index in [1.165, 1.54) is 6.20 Å². The van der Waals surface area contributed by atoms with Crippen LogP contribution in [0.2, 0.25) is 0 Å². The van der Waals surface area contributed by atoms with Crippen LogP contribution in [-0.4, -0.2) is 16.9 Å². The number of benzene rings is 1. The van der Waals surface area contributed by atoms with E-state index in [4.69, 9.17) is 9.47 Å². The molecule has 0 bridgehead atoms. The summed E-state index contributed by atoms with van der Waals surface area (Å²) in [5.41, 5.74) is 1.35. The highest BCUT2D eigenvalue weighted by Crippen LogP contribution is 2.20.